The largest absolute Gasteiger partial charge is 0.466 e. The highest BCUT2D eigenvalue weighted by Crippen LogP contribution is 2.30. The molecule has 1 saturated heterocycles. The molecule has 1 aliphatic rings. The van der Waals surface area contributed by atoms with E-state index < -0.39 is 0 Å². The van der Waals surface area contributed by atoms with Crippen molar-refractivity contribution in [3.63, 3.8) is 0 Å². The average molecular weight is 328 g/mol. The summed E-state index contributed by atoms with van der Waals surface area (Å²) < 4.78 is 4.87. The first-order valence-electron chi connectivity index (χ1n) is 6.57. The van der Waals surface area contributed by atoms with Gasteiger partial charge >= 0.3 is 5.97 Å². The maximum Gasteiger partial charge on any atom is 0.311 e. The number of carbonyl (C=O) groups is 3. The fourth-order valence-corrected chi connectivity index (χ4v) is 3.80. The number of anilines is 1. The van der Waals surface area contributed by atoms with Gasteiger partial charge in [0.25, 0.3) is 0 Å². The summed E-state index contributed by atoms with van der Waals surface area (Å²) >= 11 is 2.51. The van der Waals surface area contributed by atoms with Gasteiger partial charge in [0, 0.05) is 30.5 Å². The Labute approximate surface area is 130 Å². The zero-order valence-corrected chi connectivity index (χ0v) is 13.5. The summed E-state index contributed by atoms with van der Waals surface area (Å²) in [4.78, 5) is 40.4. The van der Waals surface area contributed by atoms with Crippen LogP contribution in [0.5, 0.6) is 0 Å². The summed E-state index contributed by atoms with van der Waals surface area (Å²) in [6.45, 7) is 4.07. The van der Waals surface area contributed by atoms with Gasteiger partial charge in [0.1, 0.15) is 0 Å². The molecule has 0 bridgehead atoms. The van der Waals surface area contributed by atoms with Gasteiger partial charge < -0.3 is 4.74 Å². The van der Waals surface area contributed by atoms with E-state index in [1.54, 1.807) is 17.2 Å². The van der Waals surface area contributed by atoms with Crippen molar-refractivity contribution in [1.29, 1.82) is 0 Å². The fraction of sp³-hybridized carbons (Fsp3) is 0.538. The predicted octanol–water partition coefficient (Wildman–Crippen LogP) is 1.63. The monoisotopic (exact) mass is 328 g/mol. The quantitative estimate of drug-likeness (QED) is 0.765. The van der Waals surface area contributed by atoms with Crippen LogP contribution in [0.3, 0.4) is 0 Å². The van der Waals surface area contributed by atoms with Crippen LogP contribution in [0.1, 0.15) is 26.0 Å². The number of ether oxygens (including phenoxy) is 1. The summed E-state index contributed by atoms with van der Waals surface area (Å²) in [5, 5.41) is 2.32. The molecule has 8 heteroatoms. The van der Waals surface area contributed by atoms with E-state index in [1.807, 2.05) is 0 Å². The SMILES string of the molecule is CCOC(=O)Cc1csc(N2CC(SC(C)=O)CC2=O)n1. The minimum atomic E-state index is -0.327. The van der Waals surface area contributed by atoms with E-state index in [-0.39, 0.29) is 28.7 Å². The van der Waals surface area contributed by atoms with Crippen molar-refractivity contribution in [2.24, 2.45) is 0 Å². The number of esters is 1. The topological polar surface area (TPSA) is 76.6 Å². The van der Waals surface area contributed by atoms with E-state index in [0.29, 0.717) is 30.4 Å². The Kier molecular flexibility index (Phi) is 5.35. The molecule has 0 N–H and O–H groups in total. The van der Waals surface area contributed by atoms with Crippen LogP contribution in [0.2, 0.25) is 0 Å². The van der Waals surface area contributed by atoms with Gasteiger partial charge in [-0.3, -0.25) is 19.3 Å². The number of thiazole rings is 1. The maximum absolute atomic E-state index is 12.0. The molecule has 0 radical (unpaired) electrons. The van der Waals surface area contributed by atoms with Gasteiger partial charge in [0.05, 0.1) is 18.7 Å². The molecular formula is C13H16N2O4S2. The zero-order chi connectivity index (χ0) is 15.4. The summed E-state index contributed by atoms with van der Waals surface area (Å²) in [7, 11) is 0. The molecule has 1 aliphatic heterocycles. The molecule has 1 aromatic rings. The number of aromatic nitrogens is 1. The first-order chi connectivity index (χ1) is 9.99. The van der Waals surface area contributed by atoms with Crippen molar-refractivity contribution in [2.45, 2.75) is 31.9 Å². The third kappa shape index (κ3) is 4.28. The standard InChI is InChI=1S/C13H16N2O4S2/c1-3-19-12(18)4-9-7-20-13(14-9)15-6-10(5-11(15)17)21-8(2)16/h7,10H,3-6H2,1-2H3. The van der Waals surface area contributed by atoms with Crippen LogP contribution in [-0.2, 0) is 25.5 Å². The smallest absolute Gasteiger partial charge is 0.311 e. The lowest BCUT2D eigenvalue weighted by Gasteiger charge is -2.12. The van der Waals surface area contributed by atoms with Gasteiger partial charge in [-0.05, 0) is 6.92 Å². The summed E-state index contributed by atoms with van der Waals surface area (Å²) in [6, 6.07) is 0. The second kappa shape index (κ2) is 7.04. The first kappa shape index (κ1) is 16.0. The second-order valence-electron chi connectivity index (χ2n) is 4.54. The van der Waals surface area contributed by atoms with E-state index in [0.717, 1.165) is 0 Å². The van der Waals surface area contributed by atoms with Gasteiger partial charge in [-0.1, -0.05) is 11.8 Å². The molecule has 114 valence electrons. The minimum Gasteiger partial charge on any atom is -0.466 e. The van der Waals surface area contributed by atoms with E-state index in [1.165, 1.54) is 30.0 Å². The van der Waals surface area contributed by atoms with Gasteiger partial charge in [-0.2, -0.15) is 0 Å². The Hall–Kier alpha value is -1.41. The highest BCUT2D eigenvalue weighted by Gasteiger charge is 2.33. The number of rotatable bonds is 5. The van der Waals surface area contributed by atoms with E-state index >= 15 is 0 Å². The van der Waals surface area contributed by atoms with Crippen LogP contribution in [0.15, 0.2) is 5.38 Å². The number of hydrogen-bond donors (Lipinski definition) is 0. The van der Waals surface area contributed by atoms with Gasteiger partial charge in [-0.15, -0.1) is 11.3 Å². The number of amides is 1. The van der Waals surface area contributed by atoms with Crippen LogP contribution < -0.4 is 4.90 Å². The molecule has 1 fully saturated rings. The maximum atomic E-state index is 12.0. The van der Waals surface area contributed by atoms with Crippen molar-refractivity contribution in [3.05, 3.63) is 11.1 Å². The minimum absolute atomic E-state index is 0.0109. The number of nitrogens with zero attached hydrogens (tertiary/aromatic N) is 2. The third-order valence-electron chi connectivity index (χ3n) is 2.82. The molecule has 1 aromatic heterocycles. The molecule has 2 heterocycles. The molecule has 21 heavy (non-hydrogen) atoms. The molecule has 2 rings (SSSR count). The third-order valence-corrected chi connectivity index (χ3v) is 4.72. The molecule has 1 atom stereocenters. The Morgan fingerprint density at radius 3 is 3.00 bits per heavy atom. The van der Waals surface area contributed by atoms with Crippen molar-refractivity contribution in [1.82, 2.24) is 4.98 Å². The lowest BCUT2D eigenvalue weighted by molar-refractivity contribution is -0.142. The molecule has 1 amide bonds. The summed E-state index contributed by atoms with van der Waals surface area (Å²) in [5.74, 6) is -0.363. The van der Waals surface area contributed by atoms with Gasteiger partial charge in [-0.25, -0.2) is 4.98 Å². The van der Waals surface area contributed by atoms with Crippen molar-refractivity contribution < 1.29 is 19.1 Å². The predicted molar refractivity (Wildman–Crippen MR) is 81.5 cm³/mol. The number of thioether (sulfide) groups is 1. The van der Waals surface area contributed by atoms with Gasteiger partial charge in [0.2, 0.25) is 5.91 Å². The highest BCUT2D eigenvalue weighted by molar-refractivity contribution is 8.14. The highest BCUT2D eigenvalue weighted by atomic mass is 32.2. The second-order valence-corrected chi connectivity index (χ2v) is 6.86. The van der Waals surface area contributed by atoms with Crippen molar-refractivity contribution >= 4 is 45.2 Å². The van der Waals surface area contributed by atoms with E-state index in [9.17, 15) is 14.4 Å². The molecule has 0 aromatic carbocycles. The Bertz CT molecular complexity index is 558. The van der Waals surface area contributed by atoms with Crippen LogP contribution in [0.25, 0.3) is 0 Å². The summed E-state index contributed by atoms with van der Waals surface area (Å²) in [5.41, 5.74) is 0.601. The number of carbonyl (C=O) groups excluding carboxylic acids is 3. The molecular weight excluding hydrogens is 312 g/mol. The van der Waals surface area contributed by atoms with Crippen LogP contribution in [-0.4, -0.2) is 40.4 Å². The first-order valence-corrected chi connectivity index (χ1v) is 8.33. The fourth-order valence-electron chi connectivity index (χ4n) is 2.03. The van der Waals surface area contributed by atoms with Crippen molar-refractivity contribution in [3.8, 4) is 0 Å². The molecule has 0 spiro atoms. The van der Waals surface area contributed by atoms with E-state index in [2.05, 4.69) is 4.98 Å². The van der Waals surface area contributed by atoms with Crippen LogP contribution >= 0.6 is 23.1 Å². The van der Waals surface area contributed by atoms with Crippen LogP contribution in [0.4, 0.5) is 5.13 Å². The zero-order valence-electron chi connectivity index (χ0n) is 11.8. The molecule has 6 nitrogen and oxygen atoms in total. The Balaban J connectivity index is 1.99. The van der Waals surface area contributed by atoms with E-state index in [4.69, 9.17) is 4.74 Å². The molecule has 0 saturated carbocycles. The van der Waals surface area contributed by atoms with Crippen LogP contribution in [0, 0.1) is 0 Å². The average Bonchev–Trinajstić information content (AvgIpc) is 2.95. The normalized spacial score (nSPS) is 18.1. The Morgan fingerprint density at radius 1 is 1.57 bits per heavy atom. The molecule has 1 unspecified atom stereocenters. The lowest BCUT2D eigenvalue weighted by Crippen LogP contribution is -2.24. The number of hydrogen-bond acceptors (Lipinski definition) is 7. The lowest BCUT2D eigenvalue weighted by atomic mass is 10.3. The summed E-state index contributed by atoms with van der Waals surface area (Å²) in [6.07, 6.45) is 0.453. The molecule has 0 aliphatic carbocycles. The van der Waals surface area contributed by atoms with Crippen molar-refractivity contribution in [2.75, 3.05) is 18.1 Å². The van der Waals surface area contributed by atoms with Gasteiger partial charge in [0.15, 0.2) is 10.2 Å². The Morgan fingerprint density at radius 2 is 2.33 bits per heavy atom.